The van der Waals surface area contributed by atoms with Gasteiger partial charge in [-0.25, -0.2) is 8.78 Å². The second-order valence-electron chi connectivity index (χ2n) is 5.63. The van der Waals surface area contributed by atoms with E-state index in [9.17, 15) is 8.78 Å². The van der Waals surface area contributed by atoms with Gasteiger partial charge in [-0.15, -0.1) is 0 Å². The van der Waals surface area contributed by atoms with Gasteiger partial charge in [-0.3, -0.25) is 5.43 Å². The quantitative estimate of drug-likeness (QED) is 0.300. The summed E-state index contributed by atoms with van der Waals surface area (Å²) in [6.45, 7) is 7.03. The van der Waals surface area contributed by atoms with Crippen LogP contribution in [0.1, 0.15) is 18.9 Å². The number of ether oxygens (including phenoxy) is 1. The lowest BCUT2D eigenvalue weighted by Gasteiger charge is -2.23. The largest absolute Gasteiger partial charge is 0.370 e. The molecule has 0 aliphatic carbocycles. The summed E-state index contributed by atoms with van der Waals surface area (Å²) < 4.78 is 32.6. The molecule has 132 valence electrons. The lowest BCUT2D eigenvalue weighted by atomic mass is 10.1. The molecule has 1 fully saturated rings. The fraction of sp³-hybridized carbons (Fsp3) is 0.500. The van der Waals surface area contributed by atoms with Gasteiger partial charge in [0.15, 0.2) is 5.11 Å². The van der Waals surface area contributed by atoms with Crippen molar-refractivity contribution in [3.05, 3.63) is 35.4 Å². The van der Waals surface area contributed by atoms with Crippen LogP contribution in [-0.4, -0.2) is 50.2 Å². The molecule has 1 saturated heterocycles. The Balaban J connectivity index is 1.72. The van der Waals surface area contributed by atoms with E-state index in [4.69, 9.17) is 17.0 Å². The number of nitrogens with one attached hydrogen (secondary N) is 3. The summed E-state index contributed by atoms with van der Waals surface area (Å²) in [4.78, 5) is 1.53. The van der Waals surface area contributed by atoms with Crippen LogP contribution in [0.15, 0.2) is 23.3 Å². The minimum absolute atomic E-state index is 0.149. The number of quaternary nitrogens is 1. The van der Waals surface area contributed by atoms with E-state index in [1.54, 1.807) is 0 Å². The number of morpholine rings is 1. The molecule has 0 spiro atoms. The van der Waals surface area contributed by atoms with Crippen molar-refractivity contribution in [3.8, 4) is 0 Å². The van der Waals surface area contributed by atoms with Crippen LogP contribution in [0.5, 0.6) is 0 Å². The van der Waals surface area contributed by atoms with E-state index in [0.29, 0.717) is 5.11 Å². The number of rotatable bonds is 6. The predicted octanol–water partition coefficient (Wildman–Crippen LogP) is 0.458. The summed E-state index contributed by atoms with van der Waals surface area (Å²) in [6, 6.07) is 3.71. The minimum atomic E-state index is -0.648. The fourth-order valence-electron chi connectivity index (χ4n) is 2.52. The topological polar surface area (TPSA) is 50.1 Å². The summed E-state index contributed by atoms with van der Waals surface area (Å²) in [5.41, 5.74) is 2.67. The van der Waals surface area contributed by atoms with Crippen molar-refractivity contribution in [2.24, 2.45) is 5.10 Å². The summed E-state index contributed by atoms with van der Waals surface area (Å²) in [5, 5.41) is 7.32. The lowest BCUT2D eigenvalue weighted by molar-refractivity contribution is -0.908. The maximum atomic E-state index is 13.6. The Kier molecular flexibility index (Phi) is 7.48. The van der Waals surface area contributed by atoms with E-state index in [2.05, 4.69) is 15.8 Å². The monoisotopic (exact) mass is 357 g/mol. The number of halogens is 2. The molecule has 1 aliphatic rings. The summed E-state index contributed by atoms with van der Waals surface area (Å²) in [7, 11) is 0. The van der Waals surface area contributed by atoms with E-state index >= 15 is 0 Å². The van der Waals surface area contributed by atoms with E-state index in [-0.39, 0.29) is 11.3 Å². The number of hydrogen-bond donors (Lipinski definition) is 3. The van der Waals surface area contributed by atoms with Crippen molar-refractivity contribution in [2.75, 3.05) is 39.4 Å². The van der Waals surface area contributed by atoms with Gasteiger partial charge >= 0.3 is 0 Å². The Morgan fingerprint density at radius 2 is 1.96 bits per heavy atom. The SMILES string of the molecule is C/C(=N/NC(=S)NCCC[NH+]1CCOCC1)c1c(F)cccc1F. The molecule has 0 atom stereocenters. The molecule has 1 aliphatic heterocycles. The number of hydrogen-bond acceptors (Lipinski definition) is 3. The molecule has 8 heteroatoms. The summed E-state index contributed by atoms with van der Waals surface area (Å²) >= 11 is 5.11. The molecule has 0 radical (unpaired) electrons. The van der Waals surface area contributed by atoms with Crippen molar-refractivity contribution in [1.82, 2.24) is 10.7 Å². The van der Waals surface area contributed by atoms with Gasteiger partial charge in [0.1, 0.15) is 24.7 Å². The molecule has 24 heavy (non-hydrogen) atoms. The summed E-state index contributed by atoms with van der Waals surface area (Å²) in [5.74, 6) is -1.30. The van der Waals surface area contributed by atoms with Crippen LogP contribution in [0, 0.1) is 11.6 Å². The highest BCUT2D eigenvalue weighted by atomic mass is 32.1. The summed E-state index contributed by atoms with van der Waals surface area (Å²) in [6.07, 6.45) is 0.974. The van der Waals surface area contributed by atoms with Crippen LogP contribution in [0.4, 0.5) is 8.78 Å². The van der Waals surface area contributed by atoms with Gasteiger partial charge in [-0.2, -0.15) is 5.10 Å². The van der Waals surface area contributed by atoms with Crippen molar-refractivity contribution in [2.45, 2.75) is 13.3 Å². The average Bonchev–Trinajstić information content (AvgIpc) is 2.57. The second kappa shape index (κ2) is 9.61. The number of thiocarbonyl (C=S) groups is 1. The number of benzene rings is 1. The highest BCUT2D eigenvalue weighted by Crippen LogP contribution is 2.12. The maximum Gasteiger partial charge on any atom is 0.186 e. The molecule has 1 aromatic rings. The van der Waals surface area contributed by atoms with Gasteiger partial charge in [0, 0.05) is 13.0 Å². The van der Waals surface area contributed by atoms with Crippen LogP contribution >= 0.6 is 12.2 Å². The minimum Gasteiger partial charge on any atom is -0.370 e. The van der Waals surface area contributed by atoms with Gasteiger partial charge < -0.3 is 15.0 Å². The van der Waals surface area contributed by atoms with Crippen LogP contribution in [0.3, 0.4) is 0 Å². The molecular weight excluding hydrogens is 334 g/mol. The molecule has 0 saturated carbocycles. The van der Waals surface area contributed by atoms with Gasteiger partial charge in [-0.05, 0) is 31.3 Å². The molecule has 3 N–H and O–H groups in total. The highest BCUT2D eigenvalue weighted by Gasteiger charge is 2.13. The predicted molar refractivity (Wildman–Crippen MR) is 93.3 cm³/mol. The van der Waals surface area contributed by atoms with Crippen molar-refractivity contribution >= 4 is 23.0 Å². The zero-order valence-electron chi connectivity index (χ0n) is 13.7. The molecular formula is C16H23F2N4OS+. The first-order chi connectivity index (χ1) is 11.6. The molecule has 5 nitrogen and oxygen atoms in total. The van der Waals surface area contributed by atoms with Crippen LogP contribution in [-0.2, 0) is 4.74 Å². The molecule has 0 bridgehead atoms. The van der Waals surface area contributed by atoms with Crippen molar-refractivity contribution in [1.29, 1.82) is 0 Å². The van der Waals surface area contributed by atoms with Crippen molar-refractivity contribution < 1.29 is 18.4 Å². The zero-order valence-corrected chi connectivity index (χ0v) is 14.5. The Morgan fingerprint density at radius 3 is 2.62 bits per heavy atom. The Morgan fingerprint density at radius 1 is 1.29 bits per heavy atom. The normalized spacial score (nSPS) is 16.0. The van der Waals surface area contributed by atoms with E-state index < -0.39 is 11.6 Å². The second-order valence-corrected chi connectivity index (χ2v) is 6.04. The molecule has 2 rings (SSSR count). The number of nitrogens with zero attached hydrogens (tertiary/aromatic N) is 1. The third-order valence-electron chi connectivity index (χ3n) is 3.84. The smallest absolute Gasteiger partial charge is 0.186 e. The lowest BCUT2D eigenvalue weighted by Crippen LogP contribution is -3.14. The van der Waals surface area contributed by atoms with Crippen LogP contribution in [0.2, 0.25) is 0 Å². The van der Waals surface area contributed by atoms with Crippen molar-refractivity contribution in [3.63, 3.8) is 0 Å². The van der Waals surface area contributed by atoms with Gasteiger partial charge in [0.25, 0.3) is 0 Å². The molecule has 1 heterocycles. The van der Waals surface area contributed by atoms with E-state index in [1.807, 2.05) is 0 Å². The first-order valence-corrected chi connectivity index (χ1v) is 8.42. The maximum absolute atomic E-state index is 13.6. The third-order valence-corrected chi connectivity index (χ3v) is 4.08. The number of hydrazone groups is 1. The standard InChI is InChI=1S/C16H22F2N4OS/c1-12(15-13(17)4-2-5-14(15)18)20-21-16(24)19-6-3-7-22-8-10-23-11-9-22/h2,4-5H,3,6-11H2,1H3,(H2,19,21,24)/p+1/b20-12-. The Hall–Kier alpha value is -1.64. The first kappa shape index (κ1) is 18.7. The molecule has 1 aromatic carbocycles. The van der Waals surface area contributed by atoms with Gasteiger partial charge in [-0.1, -0.05) is 6.07 Å². The zero-order chi connectivity index (χ0) is 17.4. The molecule has 0 amide bonds. The molecule has 0 unspecified atom stereocenters. The molecule has 0 aromatic heterocycles. The van der Waals surface area contributed by atoms with E-state index in [1.165, 1.54) is 30.0 Å². The average molecular weight is 357 g/mol. The first-order valence-electron chi connectivity index (χ1n) is 8.01. The Labute approximate surface area is 146 Å². The highest BCUT2D eigenvalue weighted by molar-refractivity contribution is 7.80. The third kappa shape index (κ3) is 5.77. The Bertz CT molecular complexity index is 571. The fourth-order valence-corrected chi connectivity index (χ4v) is 2.67. The van der Waals surface area contributed by atoms with Crippen LogP contribution < -0.4 is 15.6 Å². The van der Waals surface area contributed by atoms with Crippen LogP contribution in [0.25, 0.3) is 0 Å². The van der Waals surface area contributed by atoms with Gasteiger partial charge in [0.2, 0.25) is 0 Å². The van der Waals surface area contributed by atoms with Gasteiger partial charge in [0.05, 0.1) is 31.0 Å². The van der Waals surface area contributed by atoms with E-state index in [0.717, 1.165) is 45.8 Å².